The van der Waals surface area contributed by atoms with E-state index >= 15 is 0 Å². The maximum absolute atomic E-state index is 13.2. The van der Waals surface area contributed by atoms with Gasteiger partial charge in [0.05, 0.1) is 24.2 Å². The van der Waals surface area contributed by atoms with Crippen molar-refractivity contribution in [3.8, 4) is 6.07 Å². The number of carbonyl (C=O) groups is 1. The molecule has 2 saturated heterocycles. The highest BCUT2D eigenvalue weighted by atomic mass is 16.2. The van der Waals surface area contributed by atoms with Crippen molar-refractivity contribution in [1.29, 1.82) is 5.26 Å². The Morgan fingerprint density at radius 3 is 2.64 bits per heavy atom. The molecule has 10 heteroatoms. The van der Waals surface area contributed by atoms with E-state index in [4.69, 9.17) is 9.97 Å². The minimum Gasteiger partial charge on any atom is -0.368 e. The number of aryl methyl sites for hydroxylation is 1. The van der Waals surface area contributed by atoms with Gasteiger partial charge in [0.25, 0.3) is 0 Å². The summed E-state index contributed by atoms with van der Waals surface area (Å²) in [6.45, 7) is 5.54. The van der Waals surface area contributed by atoms with Crippen molar-refractivity contribution >= 4 is 23.4 Å². The fourth-order valence-electron chi connectivity index (χ4n) is 7.60. The first kappa shape index (κ1) is 31.3. The van der Waals surface area contributed by atoms with Crippen LogP contribution >= 0.6 is 0 Å². The van der Waals surface area contributed by atoms with Crippen LogP contribution in [0, 0.1) is 11.3 Å². The topological polar surface area (TPSA) is 86.1 Å². The molecule has 3 aliphatic heterocycles. The molecule has 45 heavy (non-hydrogen) atoms. The molecule has 0 saturated carbocycles. The van der Waals surface area contributed by atoms with Crippen LogP contribution in [-0.2, 0) is 24.1 Å². The molecular formula is C35H49N9O. The number of fused-ring (bicyclic) bond motifs is 2. The first-order valence-corrected chi connectivity index (χ1v) is 16.7. The van der Waals surface area contributed by atoms with E-state index < -0.39 is 0 Å². The van der Waals surface area contributed by atoms with Crippen molar-refractivity contribution < 1.29 is 4.79 Å². The summed E-state index contributed by atoms with van der Waals surface area (Å²) >= 11 is 0. The second-order valence-electron chi connectivity index (χ2n) is 13.6. The zero-order valence-electron chi connectivity index (χ0n) is 27.5. The Morgan fingerprint density at radius 2 is 1.87 bits per heavy atom. The standard InChI is InChI=1S/C35H49N9O/c1-39(2)18-8-12-33(45)44-22-21-41(25-29(44)15-17-36)34-30-14-13-27(43-19-7-10-26-9-5-6-11-32(26)43)23-31(30)37-35(38-34)42-20-16-28(24-42)40(3)4/h5-6,8-9,11-12,27-29H,7,10,13-16,18-25H2,1-4H3/b12-8+/t27-,28?,29?/m0/s1. The molecule has 1 aliphatic carbocycles. The molecule has 6 rings (SSSR count). The Bertz CT molecular complexity index is 1430. The first-order valence-electron chi connectivity index (χ1n) is 16.7. The Balaban J connectivity index is 1.29. The van der Waals surface area contributed by atoms with Crippen LogP contribution in [0.15, 0.2) is 36.4 Å². The van der Waals surface area contributed by atoms with E-state index in [1.165, 1.54) is 28.9 Å². The van der Waals surface area contributed by atoms with Gasteiger partial charge in [-0.2, -0.15) is 10.2 Å². The molecule has 1 aromatic carbocycles. The minimum atomic E-state index is -0.180. The van der Waals surface area contributed by atoms with Gasteiger partial charge in [0.2, 0.25) is 11.9 Å². The maximum atomic E-state index is 13.2. The molecule has 2 unspecified atom stereocenters. The quantitative estimate of drug-likeness (QED) is 0.419. The van der Waals surface area contributed by atoms with Gasteiger partial charge in [-0.25, -0.2) is 4.98 Å². The second kappa shape index (κ2) is 13.8. The number of anilines is 3. The van der Waals surface area contributed by atoms with E-state index in [2.05, 4.69) is 64.0 Å². The monoisotopic (exact) mass is 611 g/mol. The van der Waals surface area contributed by atoms with Crippen LogP contribution in [0.2, 0.25) is 0 Å². The molecule has 0 bridgehead atoms. The summed E-state index contributed by atoms with van der Waals surface area (Å²) in [5.41, 5.74) is 5.27. The van der Waals surface area contributed by atoms with Crippen LogP contribution in [0.4, 0.5) is 17.5 Å². The van der Waals surface area contributed by atoms with E-state index in [0.29, 0.717) is 44.7 Å². The van der Waals surface area contributed by atoms with Gasteiger partial charge in [0.1, 0.15) is 5.82 Å². The summed E-state index contributed by atoms with van der Waals surface area (Å²) in [6, 6.07) is 12.0. The normalized spacial score (nSPS) is 23.5. The number of carbonyl (C=O) groups excluding carboxylic acids is 1. The lowest BCUT2D eigenvalue weighted by Gasteiger charge is -2.43. The average Bonchev–Trinajstić information content (AvgIpc) is 3.55. The van der Waals surface area contributed by atoms with Crippen molar-refractivity contribution in [3.63, 3.8) is 0 Å². The SMILES string of the molecule is CN(C)C/C=C/C(=O)N1CCN(c2nc(N3CCC(N(C)C)C3)nc3c2CC[C@H](N2CCCc4ccccc42)C3)CC1CC#N. The van der Waals surface area contributed by atoms with Crippen molar-refractivity contribution in [2.24, 2.45) is 0 Å². The lowest BCUT2D eigenvalue weighted by atomic mass is 9.88. The Hall–Kier alpha value is -3.68. The number of hydrogen-bond acceptors (Lipinski definition) is 9. The number of hydrogen-bond donors (Lipinski definition) is 0. The lowest BCUT2D eigenvalue weighted by Crippen LogP contribution is -2.55. The van der Waals surface area contributed by atoms with E-state index in [0.717, 1.165) is 63.5 Å². The highest BCUT2D eigenvalue weighted by Gasteiger charge is 2.36. The van der Waals surface area contributed by atoms with Gasteiger partial charge in [0.15, 0.2) is 0 Å². The predicted molar refractivity (Wildman–Crippen MR) is 180 cm³/mol. The molecular weight excluding hydrogens is 562 g/mol. The zero-order chi connectivity index (χ0) is 31.5. The highest BCUT2D eigenvalue weighted by molar-refractivity contribution is 5.88. The van der Waals surface area contributed by atoms with Gasteiger partial charge < -0.3 is 29.4 Å². The Morgan fingerprint density at radius 1 is 1.02 bits per heavy atom. The lowest BCUT2D eigenvalue weighted by molar-refractivity contribution is -0.128. The molecule has 1 amide bonds. The molecule has 1 aromatic heterocycles. The first-order chi connectivity index (χ1) is 21.8. The molecule has 240 valence electrons. The number of benzene rings is 1. The maximum Gasteiger partial charge on any atom is 0.246 e. The van der Waals surface area contributed by atoms with Crippen molar-refractivity contribution in [2.75, 3.05) is 88.7 Å². The van der Waals surface area contributed by atoms with Crippen LogP contribution in [0.5, 0.6) is 0 Å². The third kappa shape index (κ3) is 6.80. The molecule has 0 N–H and O–H groups in total. The molecule has 0 radical (unpaired) electrons. The smallest absolute Gasteiger partial charge is 0.246 e. The molecule has 10 nitrogen and oxygen atoms in total. The summed E-state index contributed by atoms with van der Waals surface area (Å²) < 4.78 is 0. The number of nitrogens with zero attached hydrogens (tertiary/aromatic N) is 9. The van der Waals surface area contributed by atoms with E-state index in [1.54, 1.807) is 6.08 Å². The third-order valence-electron chi connectivity index (χ3n) is 10.1. The Labute approximate surface area is 268 Å². The zero-order valence-corrected chi connectivity index (χ0v) is 27.5. The van der Waals surface area contributed by atoms with Crippen LogP contribution in [0.25, 0.3) is 0 Å². The van der Waals surface area contributed by atoms with Gasteiger partial charge in [-0.1, -0.05) is 24.3 Å². The fraction of sp³-hybridized carbons (Fsp3) is 0.600. The van der Waals surface area contributed by atoms with Crippen molar-refractivity contribution in [2.45, 2.75) is 63.1 Å². The minimum absolute atomic E-state index is 0.0152. The largest absolute Gasteiger partial charge is 0.368 e. The average molecular weight is 612 g/mol. The number of para-hydroxylation sites is 1. The number of likely N-dealkylation sites (N-methyl/N-ethyl adjacent to an activating group) is 2. The number of nitriles is 1. The number of piperazine rings is 1. The number of rotatable bonds is 8. The third-order valence-corrected chi connectivity index (χ3v) is 10.1. The summed E-state index contributed by atoms with van der Waals surface area (Å²) in [4.78, 5) is 37.3. The molecule has 2 fully saturated rings. The summed E-state index contributed by atoms with van der Waals surface area (Å²) in [6.07, 6.45) is 10.2. The van der Waals surface area contributed by atoms with Crippen LogP contribution < -0.4 is 14.7 Å². The van der Waals surface area contributed by atoms with Crippen molar-refractivity contribution in [1.82, 2.24) is 24.7 Å². The van der Waals surface area contributed by atoms with Crippen molar-refractivity contribution in [3.05, 3.63) is 53.2 Å². The Kier molecular flexibility index (Phi) is 9.57. The number of aromatic nitrogens is 2. The van der Waals surface area contributed by atoms with Crippen LogP contribution in [0.3, 0.4) is 0 Å². The summed E-state index contributed by atoms with van der Waals surface area (Å²) in [5, 5.41) is 9.72. The number of amides is 1. The van der Waals surface area contributed by atoms with E-state index in [1.807, 2.05) is 30.0 Å². The highest BCUT2D eigenvalue weighted by Crippen LogP contribution is 2.37. The van der Waals surface area contributed by atoms with E-state index in [-0.39, 0.29) is 11.9 Å². The van der Waals surface area contributed by atoms with Gasteiger partial charge in [0, 0.05) is 81.6 Å². The van der Waals surface area contributed by atoms with E-state index in [9.17, 15) is 10.1 Å². The van der Waals surface area contributed by atoms with Crippen LogP contribution in [0.1, 0.15) is 42.5 Å². The second-order valence-corrected chi connectivity index (χ2v) is 13.6. The van der Waals surface area contributed by atoms with Gasteiger partial charge in [-0.3, -0.25) is 4.79 Å². The van der Waals surface area contributed by atoms with Gasteiger partial charge in [-0.15, -0.1) is 0 Å². The summed E-state index contributed by atoms with van der Waals surface area (Å²) in [7, 11) is 8.28. The fourth-order valence-corrected chi connectivity index (χ4v) is 7.60. The molecule has 2 aromatic rings. The van der Waals surface area contributed by atoms with Gasteiger partial charge in [-0.05, 0) is 71.9 Å². The van der Waals surface area contributed by atoms with Gasteiger partial charge >= 0.3 is 0 Å². The predicted octanol–water partition coefficient (Wildman–Crippen LogP) is 2.98. The molecule has 3 atom stereocenters. The molecule has 4 heterocycles. The molecule has 4 aliphatic rings. The molecule has 0 spiro atoms. The summed E-state index contributed by atoms with van der Waals surface area (Å²) in [5.74, 6) is 1.83. The van der Waals surface area contributed by atoms with Crippen LogP contribution in [-0.4, -0.2) is 123 Å².